The van der Waals surface area contributed by atoms with E-state index in [9.17, 15) is 9.59 Å². The summed E-state index contributed by atoms with van der Waals surface area (Å²) in [4.78, 5) is 25.1. The predicted octanol–water partition coefficient (Wildman–Crippen LogP) is 6.17. The van der Waals surface area contributed by atoms with Gasteiger partial charge in [-0.05, 0) is 59.4 Å². The van der Waals surface area contributed by atoms with Crippen molar-refractivity contribution in [2.75, 3.05) is 5.32 Å². The van der Waals surface area contributed by atoms with Crippen molar-refractivity contribution in [2.24, 2.45) is 5.10 Å². The maximum atomic E-state index is 12.6. The minimum absolute atomic E-state index is 0.0356. The summed E-state index contributed by atoms with van der Waals surface area (Å²) in [6.45, 7) is 8.48. The molecule has 2 N–H and O–H groups in total. The summed E-state index contributed by atoms with van der Waals surface area (Å²) in [7, 11) is 0. The lowest BCUT2D eigenvalue weighted by molar-refractivity contribution is 0.0954. The fourth-order valence-electron chi connectivity index (χ4n) is 3.34. The first-order chi connectivity index (χ1) is 15.8. The zero-order valence-corrected chi connectivity index (χ0v) is 19.7. The highest BCUT2D eigenvalue weighted by Crippen LogP contribution is 2.22. The zero-order chi connectivity index (χ0) is 23.8. The van der Waals surface area contributed by atoms with Crippen LogP contribution in [0.4, 0.5) is 5.69 Å². The number of amides is 2. The molecule has 3 aromatic rings. The third kappa shape index (κ3) is 6.62. The first-order valence-electron chi connectivity index (χ1n) is 11.2. The van der Waals surface area contributed by atoms with E-state index in [-0.39, 0.29) is 17.2 Å². The van der Waals surface area contributed by atoms with Crippen LogP contribution in [0.2, 0.25) is 0 Å². The van der Waals surface area contributed by atoms with Crippen molar-refractivity contribution in [2.45, 2.75) is 46.0 Å². The average molecular weight is 442 g/mol. The molecule has 0 unspecified atom stereocenters. The van der Waals surface area contributed by atoms with Crippen molar-refractivity contribution >= 4 is 23.2 Å². The van der Waals surface area contributed by atoms with Crippen LogP contribution >= 0.6 is 0 Å². The summed E-state index contributed by atoms with van der Waals surface area (Å²) in [6.07, 6.45) is 1.70. The van der Waals surface area contributed by atoms with Gasteiger partial charge in [-0.25, -0.2) is 5.43 Å². The fourth-order valence-corrected chi connectivity index (χ4v) is 3.34. The van der Waals surface area contributed by atoms with Crippen LogP contribution in [0.25, 0.3) is 0 Å². The minimum atomic E-state index is -0.296. The predicted molar refractivity (Wildman–Crippen MR) is 135 cm³/mol. The Morgan fingerprint density at radius 2 is 1.33 bits per heavy atom. The number of carbonyl (C=O) groups excluding carboxylic acids is 2. The van der Waals surface area contributed by atoms with Gasteiger partial charge < -0.3 is 5.32 Å². The van der Waals surface area contributed by atoms with Crippen molar-refractivity contribution in [1.82, 2.24) is 5.43 Å². The van der Waals surface area contributed by atoms with Gasteiger partial charge in [0.2, 0.25) is 0 Å². The van der Waals surface area contributed by atoms with Gasteiger partial charge in [0.1, 0.15) is 0 Å². The number of anilines is 1. The van der Waals surface area contributed by atoms with Gasteiger partial charge in [0.15, 0.2) is 0 Å². The summed E-state index contributed by atoms with van der Waals surface area (Å²) in [5.41, 5.74) is 7.37. The number of hydrazone groups is 1. The molecule has 0 aliphatic heterocycles. The number of benzene rings is 3. The van der Waals surface area contributed by atoms with E-state index in [1.165, 1.54) is 5.56 Å². The van der Waals surface area contributed by atoms with Gasteiger partial charge in [-0.15, -0.1) is 0 Å². The Morgan fingerprint density at radius 3 is 1.91 bits per heavy atom. The number of nitrogens with one attached hydrogen (secondary N) is 2. The van der Waals surface area contributed by atoms with Crippen LogP contribution < -0.4 is 10.7 Å². The molecule has 0 bridgehead atoms. The van der Waals surface area contributed by atoms with E-state index in [0.717, 1.165) is 24.1 Å². The molecule has 0 aliphatic carbocycles. The van der Waals surface area contributed by atoms with Crippen LogP contribution in [0.5, 0.6) is 0 Å². The molecule has 5 nitrogen and oxygen atoms in total. The molecular weight excluding hydrogens is 410 g/mol. The molecule has 0 heterocycles. The third-order valence-corrected chi connectivity index (χ3v) is 5.30. The molecule has 0 fully saturated rings. The van der Waals surface area contributed by atoms with E-state index in [2.05, 4.69) is 43.5 Å². The summed E-state index contributed by atoms with van der Waals surface area (Å²) in [5.74, 6) is -0.487. The summed E-state index contributed by atoms with van der Waals surface area (Å²) in [5, 5.41) is 7.21. The zero-order valence-electron chi connectivity index (χ0n) is 19.7. The Bertz CT molecular complexity index is 1110. The van der Waals surface area contributed by atoms with Crippen LogP contribution in [0.3, 0.4) is 0 Å². The Labute approximate surface area is 195 Å². The van der Waals surface area contributed by atoms with Crippen molar-refractivity contribution in [3.8, 4) is 0 Å². The summed E-state index contributed by atoms with van der Waals surface area (Å²) >= 11 is 0. The number of carbonyl (C=O) groups is 2. The van der Waals surface area contributed by atoms with Gasteiger partial charge in [-0.1, -0.05) is 76.6 Å². The normalized spacial score (nSPS) is 11.7. The van der Waals surface area contributed by atoms with Crippen LogP contribution in [0.15, 0.2) is 84.0 Å². The maximum absolute atomic E-state index is 12.6. The van der Waals surface area contributed by atoms with Crippen LogP contribution in [0.1, 0.15) is 72.4 Å². The molecule has 170 valence electrons. The molecule has 0 atom stereocenters. The number of hydrogen-bond acceptors (Lipinski definition) is 3. The summed E-state index contributed by atoms with van der Waals surface area (Å²) < 4.78 is 0. The van der Waals surface area contributed by atoms with E-state index in [0.29, 0.717) is 16.8 Å². The standard InChI is InChI=1S/C28H31N3O2/c1-5-9-25(20-10-7-6-8-11-20)30-31-27(33)22-14-18-24(19-15-22)29-26(32)21-12-16-23(17-13-21)28(2,3)4/h6-8,10-19H,5,9H2,1-4H3,(H,29,32)(H,31,33)/b30-25-. The smallest absolute Gasteiger partial charge is 0.271 e. The number of nitrogens with zero attached hydrogens (tertiary/aromatic N) is 1. The third-order valence-electron chi connectivity index (χ3n) is 5.30. The van der Waals surface area contributed by atoms with E-state index in [1.54, 1.807) is 24.3 Å². The Morgan fingerprint density at radius 1 is 0.758 bits per heavy atom. The molecule has 5 heteroatoms. The van der Waals surface area contributed by atoms with Crippen LogP contribution in [-0.4, -0.2) is 17.5 Å². The van der Waals surface area contributed by atoms with Gasteiger partial charge in [0, 0.05) is 16.8 Å². The SMILES string of the molecule is CCC/C(=N/NC(=O)c1ccc(NC(=O)c2ccc(C(C)(C)C)cc2)cc1)c1ccccc1. The second-order valence-corrected chi connectivity index (χ2v) is 8.97. The van der Waals surface area contributed by atoms with Crippen molar-refractivity contribution in [3.05, 3.63) is 101 Å². The first-order valence-corrected chi connectivity index (χ1v) is 11.2. The van der Waals surface area contributed by atoms with Crippen LogP contribution in [0, 0.1) is 0 Å². The molecule has 0 saturated carbocycles. The molecule has 33 heavy (non-hydrogen) atoms. The largest absolute Gasteiger partial charge is 0.322 e. The Hall–Kier alpha value is -3.73. The Kier molecular flexibility index (Phi) is 7.78. The highest BCUT2D eigenvalue weighted by atomic mass is 16.2. The van der Waals surface area contributed by atoms with Crippen molar-refractivity contribution < 1.29 is 9.59 Å². The van der Waals surface area contributed by atoms with E-state index in [4.69, 9.17) is 0 Å². The van der Waals surface area contributed by atoms with Crippen LogP contribution in [-0.2, 0) is 5.41 Å². The molecule has 0 aromatic heterocycles. The monoisotopic (exact) mass is 441 g/mol. The van der Waals surface area contributed by atoms with Crippen molar-refractivity contribution in [3.63, 3.8) is 0 Å². The number of hydrogen-bond donors (Lipinski definition) is 2. The highest BCUT2D eigenvalue weighted by Gasteiger charge is 2.14. The Balaban J connectivity index is 1.63. The lowest BCUT2D eigenvalue weighted by atomic mass is 9.87. The lowest BCUT2D eigenvalue weighted by Crippen LogP contribution is -2.20. The molecule has 0 aliphatic rings. The van der Waals surface area contributed by atoms with E-state index >= 15 is 0 Å². The van der Waals surface area contributed by atoms with Gasteiger partial charge >= 0.3 is 0 Å². The van der Waals surface area contributed by atoms with Gasteiger partial charge in [-0.2, -0.15) is 5.10 Å². The van der Waals surface area contributed by atoms with E-state index < -0.39 is 0 Å². The van der Waals surface area contributed by atoms with E-state index in [1.807, 2.05) is 54.6 Å². The van der Waals surface area contributed by atoms with Gasteiger partial charge in [0.05, 0.1) is 5.71 Å². The quantitative estimate of drug-likeness (QED) is 0.340. The highest BCUT2D eigenvalue weighted by molar-refractivity contribution is 6.05. The molecule has 0 saturated heterocycles. The molecule has 0 spiro atoms. The second-order valence-electron chi connectivity index (χ2n) is 8.97. The molecular formula is C28H31N3O2. The minimum Gasteiger partial charge on any atom is -0.322 e. The molecule has 3 rings (SSSR count). The average Bonchev–Trinajstić information content (AvgIpc) is 2.82. The molecule has 0 radical (unpaired) electrons. The maximum Gasteiger partial charge on any atom is 0.271 e. The van der Waals surface area contributed by atoms with Crippen molar-refractivity contribution in [1.29, 1.82) is 0 Å². The van der Waals surface area contributed by atoms with Gasteiger partial charge in [-0.3, -0.25) is 9.59 Å². The molecule has 2 amide bonds. The van der Waals surface area contributed by atoms with Gasteiger partial charge in [0.25, 0.3) is 11.8 Å². The lowest BCUT2D eigenvalue weighted by Gasteiger charge is -2.19. The second kappa shape index (κ2) is 10.7. The number of rotatable bonds is 7. The topological polar surface area (TPSA) is 70.6 Å². The summed E-state index contributed by atoms with van der Waals surface area (Å²) in [6, 6.07) is 24.2. The fraction of sp³-hybridized carbons (Fsp3) is 0.250. The first kappa shape index (κ1) is 23.9. The molecule has 3 aromatic carbocycles.